The van der Waals surface area contributed by atoms with E-state index in [0.717, 1.165) is 6.21 Å². The predicted octanol–water partition coefficient (Wildman–Crippen LogP) is 4.07. The average molecular weight is 490 g/mol. The first-order valence-electron chi connectivity index (χ1n) is 9.95. The SMILES string of the molecule is CN/C=C(\C=N)[C@H]1[C@H](C(=O)Nc2cc(Cl)cc(C#N)c2)c2ccccc2C(=O)N1CC(F)(F)F. The molecule has 0 spiro atoms. The van der Waals surface area contributed by atoms with Crippen molar-refractivity contribution in [1.82, 2.24) is 10.2 Å². The van der Waals surface area contributed by atoms with Crippen LogP contribution in [0.2, 0.25) is 5.02 Å². The van der Waals surface area contributed by atoms with Crippen LogP contribution in [0.25, 0.3) is 0 Å². The Bertz CT molecular complexity index is 1210. The standard InChI is InChI=1S/C23H19ClF3N5O2/c1-30-11-14(10-29)20-19(21(33)31-16-7-13(9-28)6-15(24)8-16)17-4-2-3-5-18(17)22(34)32(20)12-23(25,26)27/h2-8,10-11,19-20,29-30H,12H2,1H3,(H,31,33)/b14-11+,29-10?/t19-,20+/m1/s1. The molecule has 3 rings (SSSR count). The molecule has 2 aromatic carbocycles. The quantitative estimate of drug-likeness (QED) is 0.531. The summed E-state index contributed by atoms with van der Waals surface area (Å²) in [5, 5.41) is 22.4. The summed E-state index contributed by atoms with van der Waals surface area (Å²) in [5.74, 6) is -2.92. The van der Waals surface area contributed by atoms with Gasteiger partial charge >= 0.3 is 6.18 Å². The molecule has 1 aliphatic rings. The topological polar surface area (TPSA) is 109 Å². The predicted molar refractivity (Wildman–Crippen MR) is 121 cm³/mol. The number of carbonyl (C=O) groups excluding carboxylic acids is 2. The summed E-state index contributed by atoms with van der Waals surface area (Å²) in [4.78, 5) is 27.2. The number of halogens is 4. The van der Waals surface area contributed by atoms with Crippen molar-refractivity contribution in [3.63, 3.8) is 0 Å². The van der Waals surface area contributed by atoms with Gasteiger partial charge in [0.05, 0.1) is 23.6 Å². The fourth-order valence-corrected chi connectivity index (χ4v) is 4.17. The van der Waals surface area contributed by atoms with Gasteiger partial charge in [-0.2, -0.15) is 18.4 Å². The lowest BCUT2D eigenvalue weighted by Crippen LogP contribution is -2.55. The van der Waals surface area contributed by atoms with Crippen LogP contribution < -0.4 is 10.6 Å². The van der Waals surface area contributed by atoms with E-state index in [1.54, 1.807) is 6.07 Å². The third kappa shape index (κ3) is 5.21. The largest absolute Gasteiger partial charge is 0.406 e. The molecule has 0 fully saturated rings. The summed E-state index contributed by atoms with van der Waals surface area (Å²) in [6.07, 6.45) is -2.67. The molecule has 0 unspecified atom stereocenters. The van der Waals surface area contributed by atoms with Crippen LogP contribution in [0, 0.1) is 16.7 Å². The third-order valence-electron chi connectivity index (χ3n) is 5.18. The first-order chi connectivity index (χ1) is 16.1. The average Bonchev–Trinajstić information content (AvgIpc) is 2.78. The number of anilines is 1. The minimum Gasteiger partial charge on any atom is -0.394 e. The summed E-state index contributed by atoms with van der Waals surface area (Å²) in [6.45, 7) is -1.61. The Labute approximate surface area is 198 Å². The number of benzene rings is 2. The fourth-order valence-electron chi connectivity index (χ4n) is 3.94. The summed E-state index contributed by atoms with van der Waals surface area (Å²) in [5.41, 5.74) is 0.519. The Kier molecular flexibility index (Phi) is 7.27. The van der Waals surface area contributed by atoms with Gasteiger partial charge in [-0.3, -0.25) is 9.59 Å². The van der Waals surface area contributed by atoms with Crippen molar-refractivity contribution in [2.75, 3.05) is 18.9 Å². The molecule has 34 heavy (non-hydrogen) atoms. The molecule has 3 N–H and O–H groups in total. The van der Waals surface area contributed by atoms with Crippen LogP contribution in [-0.4, -0.2) is 48.7 Å². The highest BCUT2D eigenvalue weighted by Crippen LogP contribution is 2.39. The monoisotopic (exact) mass is 489 g/mol. The molecule has 2 atom stereocenters. The van der Waals surface area contributed by atoms with E-state index in [0.29, 0.717) is 4.90 Å². The first kappa shape index (κ1) is 24.8. The number of nitriles is 1. The molecule has 1 aliphatic heterocycles. The van der Waals surface area contributed by atoms with Gasteiger partial charge in [-0.15, -0.1) is 0 Å². The van der Waals surface area contributed by atoms with Crippen molar-refractivity contribution in [3.8, 4) is 6.07 Å². The second-order valence-electron chi connectivity index (χ2n) is 7.46. The summed E-state index contributed by atoms with van der Waals surface area (Å²) < 4.78 is 40.5. The maximum atomic E-state index is 13.5. The Morgan fingerprint density at radius 1 is 1.29 bits per heavy atom. The molecular weight excluding hydrogens is 471 g/mol. The number of nitrogens with one attached hydrogen (secondary N) is 3. The van der Waals surface area contributed by atoms with Gasteiger partial charge in [0.25, 0.3) is 5.91 Å². The van der Waals surface area contributed by atoms with E-state index in [4.69, 9.17) is 22.3 Å². The van der Waals surface area contributed by atoms with Crippen molar-refractivity contribution in [3.05, 3.63) is 76.0 Å². The van der Waals surface area contributed by atoms with Gasteiger partial charge in [-0.1, -0.05) is 29.8 Å². The van der Waals surface area contributed by atoms with Gasteiger partial charge in [-0.25, -0.2) is 0 Å². The van der Waals surface area contributed by atoms with Gasteiger partial charge in [0.2, 0.25) is 5.91 Å². The highest BCUT2D eigenvalue weighted by atomic mass is 35.5. The Morgan fingerprint density at radius 2 is 2.00 bits per heavy atom. The molecule has 0 aliphatic carbocycles. The number of rotatable bonds is 6. The highest BCUT2D eigenvalue weighted by molar-refractivity contribution is 6.31. The smallest absolute Gasteiger partial charge is 0.394 e. The molecule has 2 aromatic rings. The summed E-state index contributed by atoms with van der Waals surface area (Å²) in [6, 6.07) is 10.6. The number of fused-ring (bicyclic) bond motifs is 1. The van der Waals surface area contributed by atoms with E-state index < -0.39 is 36.5 Å². The molecule has 0 saturated carbocycles. The lowest BCUT2D eigenvalue weighted by atomic mass is 9.79. The van der Waals surface area contributed by atoms with Crippen LogP contribution in [0.15, 0.2) is 54.2 Å². The number of alkyl halides is 3. The van der Waals surface area contributed by atoms with Crippen LogP contribution in [0.1, 0.15) is 27.4 Å². The molecule has 11 heteroatoms. The Balaban J connectivity index is 2.18. The van der Waals surface area contributed by atoms with Crippen LogP contribution in [0.5, 0.6) is 0 Å². The normalized spacial score (nSPS) is 18.1. The lowest BCUT2D eigenvalue weighted by Gasteiger charge is -2.42. The van der Waals surface area contributed by atoms with Crippen molar-refractivity contribution in [2.45, 2.75) is 18.1 Å². The number of hydrogen-bond donors (Lipinski definition) is 3. The molecule has 0 radical (unpaired) electrons. The second-order valence-corrected chi connectivity index (χ2v) is 7.90. The fraction of sp³-hybridized carbons (Fsp3) is 0.217. The van der Waals surface area contributed by atoms with Crippen molar-refractivity contribution in [2.24, 2.45) is 0 Å². The van der Waals surface area contributed by atoms with E-state index in [1.807, 2.05) is 6.07 Å². The van der Waals surface area contributed by atoms with E-state index in [-0.39, 0.29) is 33.0 Å². The maximum absolute atomic E-state index is 13.5. The van der Waals surface area contributed by atoms with Gasteiger partial charge in [0.15, 0.2) is 0 Å². The summed E-state index contributed by atoms with van der Waals surface area (Å²) >= 11 is 6.01. The number of carbonyl (C=O) groups is 2. The third-order valence-corrected chi connectivity index (χ3v) is 5.40. The van der Waals surface area contributed by atoms with Crippen LogP contribution in [0.4, 0.5) is 18.9 Å². The zero-order valence-corrected chi connectivity index (χ0v) is 18.5. The summed E-state index contributed by atoms with van der Waals surface area (Å²) in [7, 11) is 1.49. The van der Waals surface area contributed by atoms with Gasteiger partial charge in [-0.05, 0) is 29.8 Å². The van der Waals surface area contributed by atoms with Crippen LogP contribution in [-0.2, 0) is 4.79 Å². The highest BCUT2D eigenvalue weighted by Gasteiger charge is 2.48. The van der Waals surface area contributed by atoms with E-state index in [2.05, 4.69) is 10.6 Å². The zero-order valence-electron chi connectivity index (χ0n) is 17.8. The van der Waals surface area contributed by atoms with Crippen molar-refractivity contribution >= 4 is 35.3 Å². The molecule has 0 bridgehead atoms. The number of amides is 2. The van der Waals surface area contributed by atoms with Crippen molar-refractivity contribution < 1.29 is 22.8 Å². The van der Waals surface area contributed by atoms with E-state index in [1.165, 1.54) is 49.6 Å². The maximum Gasteiger partial charge on any atom is 0.406 e. The minimum atomic E-state index is -4.75. The van der Waals surface area contributed by atoms with Crippen molar-refractivity contribution in [1.29, 1.82) is 10.7 Å². The molecule has 1 heterocycles. The molecule has 2 amide bonds. The van der Waals surface area contributed by atoms with Crippen LogP contribution in [0.3, 0.4) is 0 Å². The molecule has 0 aromatic heterocycles. The number of hydrogen-bond acceptors (Lipinski definition) is 5. The molecular formula is C23H19ClF3N5O2. The van der Waals surface area contributed by atoms with Crippen LogP contribution >= 0.6 is 11.6 Å². The second kappa shape index (κ2) is 9.97. The molecule has 7 nitrogen and oxygen atoms in total. The van der Waals surface area contributed by atoms with E-state index in [9.17, 15) is 22.8 Å². The van der Waals surface area contributed by atoms with Gasteiger partial charge in [0.1, 0.15) is 6.54 Å². The first-order valence-corrected chi connectivity index (χ1v) is 10.3. The minimum absolute atomic E-state index is 0.00133. The number of nitrogens with zero attached hydrogens (tertiary/aromatic N) is 2. The molecule has 176 valence electrons. The molecule has 0 saturated heterocycles. The van der Waals surface area contributed by atoms with Gasteiger partial charge < -0.3 is 20.9 Å². The van der Waals surface area contributed by atoms with Gasteiger partial charge in [0, 0.05) is 41.3 Å². The zero-order chi connectivity index (χ0) is 25.0. The lowest BCUT2D eigenvalue weighted by molar-refractivity contribution is -0.146. The van der Waals surface area contributed by atoms with E-state index >= 15 is 0 Å². The Hall–Kier alpha value is -3.84. The Morgan fingerprint density at radius 3 is 2.62 bits per heavy atom.